The normalized spacial score (nSPS) is 14.3. The first-order valence-corrected chi connectivity index (χ1v) is 19.7. The van der Waals surface area contributed by atoms with Crippen LogP contribution in [0.2, 0.25) is 0 Å². The molecule has 0 aliphatic carbocycles. The minimum Gasteiger partial charge on any atom is -0.394 e. The Balaban J connectivity index is 4.90. The first-order valence-electron chi connectivity index (χ1n) is 19.7. The third-order valence-corrected chi connectivity index (χ3v) is 9.00. The van der Waals surface area contributed by atoms with Crippen molar-refractivity contribution in [1.29, 1.82) is 0 Å². The molecule has 17 nitrogen and oxygen atoms in total. The molecule has 2 unspecified atom stereocenters. The summed E-state index contributed by atoms with van der Waals surface area (Å²) in [4.78, 5) is 101. The molecule has 0 spiro atoms. The Labute approximate surface area is 326 Å². The molecule has 0 aliphatic rings. The number of aldehydes is 1. The van der Waals surface area contributed by atoms with Crippen molar-refractivity contribution in [3.05, 3.63) is 0 Å². The lowest BCUT2D eigenvalue weighted by Crippen LogP contribution is -2.59. The Kier molecular flexibility index (Phi) is 27.0. The highest BCUT2D eigenvalue weighted by molar-refractivity contribution is 5.96. The van der Waals surface area contributed by atoms with Crippen molar-refractivity contribution in [3.63, 3.8) is 0 Å². The molecule has 0 aromatic heterocycles. The third kappa shape index (κ3) is 22.1. The van der Waals surface area contributed by atoms with Crippen LogP contribution in [-0.4, -0.2) is 126 Å². The number of nitrogens with zero attached hydrogens (tertiary/aromatic N) is 1. The number of hydrogen-bond donors (Lipinski definition) is 8. The van der Waals surface area contributed by atoms with E-state index in [9.17, 15) is 48.6 Å². The zero-order valence-corrected chi connectivity index (χ0v) is 34.0. The van der Waals surface area contributed by atoms with Crippen LogP contribution in [0.1, 0.15) is 125 Å². The zero-order valence-electron chi connectivity index (χ0n) is 34.0. The molecule has 8 N–H and O–H groups in total. The monoisotopic (exact) mass is 784 g/mol. The minimum absolute atomic E-state index is 0.00938. The van der Waals surface area contributed by atoms with Gasteiger partial charge in [-0.05, 0) is 39.5 Å². The number of amides is 7. The summed E-state index contributed by atoms with van der Waals surface area (Å²) >= 11 is 0. The van der Waals surface area contributed by atoms with E-state index in [0.717, 1.165) is 24.2 Å². The van der Waals surface area contributed by atoms with Crippen LogP contribution in [0.3, 0.4) is 0 Å². The molecular formula is C38H69N7O10. The van der Waals surface area contributed by atoms with Crippen molar-refractivity contribution < 1.29 is 48.6 Å². The Morgan fingerprint density at radius 3 is 1.67 bits per heavy atom. The average molecular weight is 784 g/mol. The fraction of sp³-hybridized carbons (Fsp3) is 0.789. The van der Waals surface area contributed by atoms with Crippen LogP contribution in [0.5, 0.6) is 0 Å². The first-order chi connectivity index (χ1) is 26.0. The average Bonchev–Trinajstić information content (AvgIpc) is 3.12. The molecule has 316 valence electrons. The molecule has 0 saturated carbocycles. The van der Waals surface area contributed by atoms with E-state index in [2.05, 4.69) is 38.8 Å². The fourth-order valence-electron chi connectivity index (χ4n) is 5.73. The molecule has 0 aromatic rings. The molecule has 0 aliphatic heterocycles. The molecule has 7 amide bonds. The van der Waals surface area contributed by atoms with Gasteiger partial charge in [-0.1, -0.05) is 85.0 Å². The van der Waals surface area contributed by atoms with Gasteiger partial charge in [0.2, 0.25) is 41.4 Å². The van der Waals surface area contributed by atoms with Gasteiger partial charge in [0.1, 0.15) is 36.5 Å². The van der Waals surface area contributed by atoms with E-state index in [1.54, 1.807) is 0 Å². The predicted molar refractivity (Wildman–Crippen MR) is 207 cm³/mol. The maximum absolute atomic E-state index is 13.1. The SMILES string of the molecule is CCCCCCCCCCCCCC(=O)N[C@H](CO)C(=O)N[C@H](C)C(=O)NCC(=O)N(C)C(C(=O)N[C@@H](C)C(=O)N[C@@H](CC(C)C)C(=O)NCC=O)C(C)O. The lowest BCUT2D eigenvalue weighted by molar-refractivity contribution is -0.144. The van der Waals surface area contributed by atoms with E-state index in [1.165, 1.54) is 72.8 Å². The predicted octanol–water partition coefficient (Wildman–Crippen LogP) is 0.344. The lowest BCUT2D eigenvalue weighted by Gasteiger charge is -2.31. The van der Waals surface area contributed by atoms with Crippen LogP contribution in [0.4, 0.5) is 0 Å². The van der Waals surface area contributed by atoms with Gasteiger partial charge in [-0.25, -0.2) is 0 Å². The standard InChI is InChI=1S/C38H69N7O10/c1-8-9-10-11-12-13-14-15-16-17-18-19-31(49)43-30(24-47)37(54)41-26(4)34(51)40-23-32(50)45(7)33(28(6)48)38(55)42-27(5)35(52)44-29(22-25(2)3)36(53)39-20-21-46/h21,25-30,33,47-48H,8-20,22-24H2,1-7H3,(H,39,53)(H,40,51)(H,41,54)(H,42,55)(H,43,49)(H,44,52)/t26-,27+,28?,29+,30-,33?/m1/s1. The molecule has 0 saturated heterocycles. The van der Waals surface area contributed by atoms with Crippen LogP contribution < -0.4 is 31.9 Å². The number of aliphatic hydroxyl groups excluding tert-OH is 2. The van der Waals surface area contributed by atoms with Gasteiger partial charge in [0.25, 0.3) is 0 Å². The molecule has 55 heavy (non-hydrogen) atoms. The van der Waals surface area contributed by atoms with Gasteiger partial charge in [-0.2, -0.15) is 0 Å². The van der Waals surface area contributed by atoms with E-state index in [1.807, 2.05) is 13.8 Å². The summed E-state index contributed by atoms with van der Waals surface area (Å²) in [6, 6.07) is -6.08. The summed E-state index contributed by atoms with van der Waals surface area (Å²) in [5.41, 5.74) is 0. The van der Waals surface area contributed by atoms with E-state index >= 15 is 0 Å². The Morgan fingerprint density at radius 2 is 1.16 bits per heavy atom. The molecule has 0 radical (unpaired) electrons. The molecule has 6 atom stereocenters. The smallest absolute Gasteiger partial charge is 0.246 e. The number of nitrogens with one attached hydrogen (secondary N) is 6. The number of unbranched alkanes of at least 4 members (excludes halogenated alkanes) is 10. The molecule has 0 heterocycles. The van der Waals surface area contributed by atoms with Crippen molar-refractivity contribution >= 4 is 47.6 Å². The second-order valence-electron chi connectivity index (χ2n) is 14.6. The molecule has 0 rings (SSSR count). The fourth-order valence-corrected chi connectivity index (χ4v) is 5.73. The Bertz CT molecular complexity index is 1220. The highest BCUT2D eigenvalue weighted by Gasteiger charge is 2.34. The second kappa shape index (κ2) is 29.2. The summed E-state index contributed by atoms with van der Waals surface area (Å²) in [6.07, 6.45) is 12.0. The Hall–Kier alpha value is -4.12. The second-order valence-corrected chi connectivity index (χ2v) is 14.6. The summed E-state index contributed by atoms with van der Waals surface area (Å²) < 4.78 is 0. The topological polar surface area (TPSA) is 252 Å². The highest BCUT2D eigenvalue weighted by Crippen LogP contribution is 2.12. The van der Waals surface area contributed by atoms with Gasteiger partial charge < -0.3 is 51.8 Å². The largest absolute Gasteiger partial charge is 0.394 e. The number of hydrogen-bond acceptors (Lipinski definition) is 10. The van der Waals surface area contributed by atoms with Crippen molar-refractivity contribution in [3.8, 4) is 0 Å². The van der Waals surface area contributed by atoms with Crippen LogP contribution in [0.25, 0.3) is 0 Å². The van der Waals surface area contributed by atoms with Crippen molar-refractivity contribution in [2.75, 3.05) is 26.7 Å². The van der Waals surface area contributed by atoms with Crippen molar-refractivity contribution in [1.82, 2.24) is 36.8 Å². The van der Waals surface area contributed by atoms with E-state index in [0.29, 0.717) is 12.7 Å². The summed E-state index contributed by atoms with van der Waals surface area (Å²) in [5, 5.41) is 34.7. The summed E-state index contributed by atoms with van der Waals surface area (Å²) in [5.74, 6) is -4.89. The molecular weight excluding hydrogens is 714 g/mol. The lowest BCUT2D eigenvalue weighted by atomic mass is 10.0. The van der Waals surface area contributed by atoms with Crippen LogP contribution >= 0.6 is 0 Å². The van der Waals surface area contributed by atoms with Gasteiger partial charge in [-0.15, -0.1) is 0 Å². The highest BCUT2D eigenvalue weighted by atomic mass is 16.3. The number of rotatable bonds is 30. The third-order valence-electron chi connectivity index (χ3n) is 9.00. The van der Waals surface area contributed by atoms with Crippen molar-refractivity contribution in [2.45, 2.75) is 161 Å². The van der Waals surface area contributed by atoms with Gasteiger partial charge in [-0.3, -0.25) is 33.6 Å². The van der Waals surface area contributed by atoms with E-state index < -0.39 is 90.8 Å². The van der Waals surface area contributed by atoms with Gasteiger partial charge in [0, 0.05) is 13.5 Å². The van der Waals surface area contributed by atoms with Gasteiger partial charge in [0.15, 0.2) is 0 Å². The van der Waals surface area contributed by atoms with Gasteiger partial charge in [0.05, 0.1) is 25.8 Å². The van der Waals surface area contributed by atoms with Gasteiger partial charge >= 0.3 is 0 Å². The molecule has 0 aromatic carbocycles. The van der Waals surface area contributed by atoms with Crippen LogP contribution in [-0.2, 0) is 38.4 Å². The maximum Gasteiger partial charge on any atom is 0.246 e. The summed E-state index contributed by atoms with van der Waals surface area (Å²) in [6.45, 7) is 8.30. The quantitative estimate of drug-likeness (QED) is 0.0367. The number of carbonyl (C=O) groups excluding carboxylic acids is 8. The van der Waals surface area contributed by atoms with E-state index in [4.69, 9.17) is 0 Å². The molecule has 0 fully saturated rings. The number of aliphatic hydroxyl groups is 2. The van der Waals surface area contributed by atoms with Crippen LogP contribution in [0, 0.1) is 5.92 Å². The number of carbonyl (C=O) groups is 8. The zero-order chi connectivity index (χ0) is 41.9. The first kappa shape index (κ1) is 50.9. The molecule has 0 bridgehead atoms. The number of likely N-dealkylation sites (N-methyl/N-ethyl adjacent to an activating group) is 1. The summed E-state index contributed by atoms with van der Waals surface area (Å²) in [7, 11) is 1.22. The molecule has 17 heteroatoms. The van der Waals surface area contributed by atoms with Crippen LogP contribution in [0.15, 0.2) is 0 Å². The van der Waals surface area contributed by atoms with E-state index in [-0.39, 0.29) is 25.3 Å². The Morgan fingerprint density at radius 1 is 0.636 bits per heavy atom. The van der Waals surface area contributed by atoms with Crippen molar-refractivity contribution in [2.24, 2.45) is 5.92 Å². The minimum atomic E-state index is -1.47. The maximum atomic E-state index is 13.1.